The average molecular weight is 576 g/mol. The van der Waals surface area contributed by atoms with E-state index < -0.39 is 24.5 Å². The predicted molar refractivity (Wildman–Crippen MR) is 164 cm³/mol. The van der Waals surface area contributed by atoms with Crippen LogP contribution in [-0.4, -0.2) is 61.3 Å². The molecule has 0 amide bonds. The zero-order valence-corrected chi connectivity index (χ0v) is 25.6. The van der Waals surface area contributed by atoms with Crippen LogP contribution >= 0.6 is 0 Å². The zero-order chi connectivity index (χ0) is 29.1. The minimum Gasteiger partial charge on any atom is -0.394 e. The fourth-order valence-corrected chi connectivity index (χ4v) is 5.91. The van der Waals surface area contributed by atoms with Gasteiger partial charge in [0.25, 0.3) is 0 Å². The smallest absolute Gasteiger partial charge is 0.167 e. The first-order valence-electron chi connectivity index (χ1n) is 16.7. The first-order valence-corrected chi connectivity index (χ1v) is 16.7. The van der Waals surface area contributed by atoms with Gasteiger partial charge in [-0.25, -0.2) is 15.0 Å². The van der Waals surface area contributed by atoms with Crippen molar-refractivity contribution in [2.45, 2.75) is 160 Å². The van der Waals surface area contributed by atoms with Crippen molar-refractivity contribution >= 4 is 17.0 Å². The molecule has 4 atom stereocenters. The number of nitrogen functional groups attached to an aromatic ring is 1. The molecule has 0 aliphatic carbocycles. The largest absolute Gasteiger partial charge is 0.394 e. The summed E-state index contributed by atoms with van der Waals surface area (Å²) in [5.74, 6) is 0.285. The maximum absolute atomic E-state index is 10.7. The summed E-state index contributed by atoms with van der Waals surface area (Å²) in [5, 5.41) is 20.4. The number of aliphatic hydroxyl groups excluding tert-OH is 2. The molecule has 0 saturated carbocycles. The van der Waals surface area contributed by atoms with Crippen LogP contribution in [0.3, 0.4) is 0 Å². The molecule has 9 heteroatoms. The van der Waals surface area contributed by atoms with Gasteiger partial charge in [-0.2, -0.15) is 0 Å². The van der Waals surface area contributed by atoms with Gasteiger partial charge < -0.3 is 25.4 Å². The highest BCUT2D eigenvalue weighted by Crippen LogP contribution is 2.34. The van der Waals surface area contributed by atoms with Crippen LogP contribution in [0.5, 0.6) is 0 Å². The van der Waals surface area contributed by atoms with Crippen LogP contribution in [0.4, 0.5) is 5.82 Å². The number of unbranched alkanes of at least 4 members (excludes halogenated alkanes) is 19. The molecule has 1 aliphatic heterocycles. The Morgan fingerprint density at radius 3 is 1.80 bits per heavy atom. The fraction of sp³-hybridized carbons (Fsp3) is 0.844. The molecule has 1 fully saturated rings. The van der Waals surface area contributed by atoms with Gasteiger partial charge in [-0.1, -0.05) is 129 Å². The summed E-state index contributed by atoms with van der Waals surface area (Å²) in [6, 6.07) is 0. The number of aliphatic hydroxyl groups is 2. The Labute approximate surface area is 247 Å². The van der Waals surface area contributed by atoms with Crippen LogP contribution in [0.15, 0.2) is 12.7 Å². The van der Waals surface area contributed by atoms with Crippen LogP contribution in [0, 0.1) is 0 Å². The Morgan fingerprint density at radius 1 is 0.780 bits per heavy atom. The van der Waals surface area contributed by atoms with Gasteiger partial charge in [0.05, 0.1) is 12.9 Å². The highest BCUT2D eigenvalue weighted by molar-refractivity contribution is 5.81. The van der Waals surface area contributed by atoms with E-state index in [1.807, 2.05) is 0 Å². The van der Waals surface area contributed by atoms with Gasteiger partial charge in [-0.15, -0.1) is 0 Å². The highest BCUT2D eigenvalue weighted by atomic mass is 16.6. The third-order valence-electron chi connectivity index (χ3n) is 8.46. The topological polar surface area (TPSA) is 129 Å². The molecule has 9 nitrogen and oxygen atoms in total. The van der Waals surface area contributed by atoms with E-state index >= 15 is 0 Å². The maximum atomic E-state index is 10.7. The molecule has 0 spiro atoms. The van der Waals surface area contributed by atoms with Crippen molar-refractivity contribution in [1.82, 2.24) is 19.5 Å². The van der Waals surface area contributed by atoms with Crippen molar-refractivity contribution in [3.05, 3.63) is 12.7 Å². The van der Waals surface area contributed by atoms with E-state index in [-0.39, 0.29) is 12.4 Å². The number of ether oxygens (including phenoxy) is 2. The number of hydrogen-bond acceptors (Lipinski definition) is 8. The molecular formula is C32H57N5O4. The van der Waals surface area contributed by atoms with Crippen LogP contribution < -0.4 is 5.73 Å². The summed E-state index contributed by atoms with van der Waals surface area (Å²) in [4.78, 5) is 12.6. The number of imidazole rings is 1. The van der Waals surface area contributed by atoms with Gasteiger partial charge in [-0.3, -0.25) is 4.57 Å². The minimum atomic E-state index is -0.938. The lowest BCUT2D eigenvalue weighted by atomic mass is 10.0. The summed E-state index contributed by atoms with van der Waals surface area (Å²) in [7, 11) is 0. The van der Waals surface area contributed by atoms with Crippen molar-refractivity contribution in [2.75, 3.05) is 18.9 Å². The summed E-state index contributed by atoms with van der Waals surface area (Å²) >= 11 is 0. The number of hydrogen-bond donors (Lipinski definition) is 3. The molecule has 234 valence electrons. The number of aromatic nitrogens is 4. The average Bonchev–Trinajstić information content (AvgIpc) is 3.55. The Hall–Kier alpha value is -1.81. The molecule has 0 radical (unpaired) electrons. The summed E-state index contributed by atoms with van der Waals surface area (Å²) in [6.07, 6.45) is 27.0. The lowest BCUT2D eigenvalue weighted by Gasteiger charge is -2.22. The molecule has 1 unspecified atom stereocenters. The van der Waals surface area contributed by atoms with E-state index in [1.54, 1.807) is 10.9 Å². The first kappa shape index (κ1) is 33.7. The number of nitrogens with zero attached hydrogens (tertiary/aromatic N) is 4. The van der Waals surface area contributed by atoms with Crippen LogP contribution in [0.2, 0.25) is 0 Å². The molecule has 4 N–H and O–H groups in total. The van der Waals surface area contributed by atoms with Crippen LogP contribution in [0.25, 0.3) is 11.2 Å². The normalized spacial score (nSPS) is 20.9. The molecular weight excluding hydrogens is 518 g/mol. The Bertz CT molecular complexity index is 942. The first-order chi connectivity index (χ1) is 20.2. The second-order valence-corrected chi connectivity index (χ2v) is 11.9. The number of anilines is 1. The van der Waals surface area contributed by atoms with Gasteiger partial charge in [-0.05, 0) is 6.42 Å². The van der Waals surface area contributed by atoms with E-state index in [4.69, 9.17) is 15.2 Å². The van der Waals surface area contributed by atoms with Crippen molar-refractivity contribution in [3.63, 3.8) is 0 Å². The van der Waals surface area contributed by atoms with E-state index in [2.05, 4.69) is 21.9 Å². The van der Waals surface area contributed by atoms with Gasteiger partial charge in [0, 0.05) is 6.61 Å². The fourth-order valence-electron chi connectivity index (χ4n) is 5.91. The summed E-state index contributed by atoms with van der Waals surface area (Å²) in [6.45, 7) is 2.52. The second-order valence-electron chi connectivity index (χ2n) is 11.9. The molecule has 2 aromatic heterocycles. The second kappa shape index (κ2) is 20.2. The van der Waals surface area contributed by atoms with Gasteiger partial charge in [0.2, 0.25) is 0 Å². The highest BCUT2D eigenvalue weighted by Gasteiger charge is 2.45. The SMILES string of the molecule is CCCCCCCCCCCCCCCCCCCCCCO[C@H]1C(O)[C@@H](CO)O[C@H]1n1cnc2c(N)ncnc21. The van der Waals surface area contributed by atoms with Crippen LogP contribution in [0.1, 0.15) is 142 Å². The van der Waals surface area contributed by atoms with E-state index in [0.717, 1.165) is 12.8 Å². The van der Waals surface area contributed by atoms with E-state index in [1.165, 1.54) is 122 Å². The molecule has 1 saturated heterocycles. The lowest BCUT2D eigenvalue weighted by molar-refractivity contribution is -0.0711. The standard InChI is InChI=1S/C32H57N5O4/c1-2-3-4-5-6-7-8-9-10-11-12-13-14-15-16-17-18-19-20-21-22-40-29-28(39)26(23-38)41-32(29)37-25-36-27-30(33)34-24-35-31(27)37/h24-26,28-29,32,38-39H,2-23H2,1H3,(H2,33,34,35)/t26-,28?,29+,32-/m1/s1. The molecule has 2 aromatic rings. The molecule has 0 aromatic carbocycles. The number of fused-ring (bicyclic) bond motifs is 1. The Balaban J connectivity index is 1.17. The number of rotatable bonds is 24. The molecule has 3 heterocycles. The summed E-state index contributed by atoms with van der Waals surface area (Å²) < 4.78 is 13.7. The lowest BCUT2D eigenvalue weighted by Crippen LogP contribution is -2.35. The minimum absolute atomic E-state index is 0.285. The predicted octanol–water partition coefficient (Wildman–Crippen LogP) is 6.87. The Kier molecular flexibility index (Phi) is 16.6. The van der Waals surface area contributed by atoms with Crippen molar-refractivity contribution < 1.29 is 19.7 Å². The van der Waals surface area contributed by atoms with E-state index in [9.17, 15) is 10.2 Å². The van der Waals surface area contributed by atoms with E-state index in [0.29, 0.717) is 17.8 Å². The molecule has 41 heavy (non-hydrogen) atoms. The monoisotopic (exact) mass is 575 g/mol. The van der Waals surface area contributed by atoms with Crippen molar-refractivity contribution in [3.8, 4) is 0 Å². The maximum Gasteiger partial charge on any atom is 0.167 e. The van der Waals surface area contributed by atoms with Gasteiger partial charge in [0.1, 0.15) is 30.2 Å². The van der Waals surface area contributed by atoms with Crippen molar-refractivity contribution in [2.24, 2.45) is 0 Å². The van der Waals surface area contributed by atoms with Gasteiger partial charge in [0.15, 0.2) is 17.7 Å². The van der Waals surface area contributed by atoms with Gasteiger partial charge >= 0.3 is 0 Å². The molecule has 3 rings (SSSR count). The molecule has 0 bridgehead atoms. The van der Waals surface area contributed by atoms with Crippen molar-refractivity contribution in [1.29, 1.82) is 0 Å². The summed E-state index contributed by atoms with van der Waals surface area (Å²) in [5.41, 5.74) is 6.91. The third kappa shape index (κ3) is 11.4. The third-order valence-corrected chi connectivity index (χ3v) is 8.46. The quantitative estimate of drug-likeness (QED) is 0.116. The Morgan fingerprint density at radius 2 is 1.29 bits per heavy atom. The number of nitrogens with two attached hydrogens (primary N) is 1. The van der Waals surface area contributed by atoms with Crippen LogP contribution in [-0.2, 0) is 9.47 Å². The zero-order valence-electron chi connectivity index (χ0n) is 25.6. The molecule has 1 aliphatic rings.